The molecule has 0 aliphatic heterocycles. The van der Waals surface area contributed by atoms with Crippen LogP contribution in [0.4, 0.5) is 0 Å². The minimum Gasteiger partial charge on any atom is -0.311 e. The van der Waals surface area contributed by atoms with Gasteiger partial charge in [-0.25, -0.2) is 0 Å². The summed E-state index contributed by atoms with van der Waals surface area (Å²) in [6, 6.07) is 1.50. The molecule has 1 rings (SSSR count). The van der Waals surface area contributed by atoms with Gasteiger partial charge in [0.2, 0.25) is 0 Å². The Hall–Kier alpha value is -0.0400. The van der Waals surface area contributed by atoms with Gasteiger partial charge in [0.25, 0.3) is 0 Å². The van der Waals surface area contributed by atoms with Crippen molar-refractivity contribution in [2.24, 2.45) is 5.92 Å². The van der Waals surface area contributed by atoms with Crippen molar-refractivity contribution in [2.75, 3.05) is 0 Å². The molecule has 0 radical (unpaired) electrons. The van der Waals surface area contributed by atoms with E-state index in [2.05, 4.69) is 26.1 Å². The number of nitrogens with one attached hydrogen (secondary N) is 1. The highest BCUT2D eigenvalue weighted by atomic mass is 14.9. The Balaban J connectivity index is 2.20. The van der Waals surface area contributed by atoms with Crippen molar-refractivity contribution < 1.29 is 0 Å². The third-order valence-electron chi connectivity index (χ3n) is 3.10. The molecule has 1 heteroatoms. The van der Waals surface area contributed by atoms with Crippen LogP contribution in [0.25, 0.3) is 0 Å². The largest absolute Gasteiger partial charge is 0.311 e. The summed E-state index contributed by atoms with van der Waals surface area (Å²) in [7, 11) is 0. The highest BCUT2D eigenvalue weighted by Crippen LogP contribution is 2.18. The minimum absolute atomic E-state index is 0.688. The summed E-state index contributed by atoms with van der Waals surface area (Å²) in [6.07, 6.45) is 7.12. The molecule has 1 fully saturated rings. The van der Waals surface area contributed by atoms with Gasteiger partial charge in [0.05, 0.1) is 0 Å². The van der Waals surface area contributed by atoms with Crippen LogP contribution >= 0.6 is 0 Å². The normalized spacial score (nSPS) is 23.0. The molecule has 0 saturated heterocycles. The zero-order valence-electron chi connectivity index (χ0n) is 8.77. The van der Waals surface area contributed by atoms with Crippen LogP contribution in [0.15, 0.2) is 0 Å². The van der Waals surface area contributed by atoms with Crippen molar-refractivity contribution in [2.45, 2.75) is 65.0 Å². The van der Waals surface area contributed by atoms with E-state index in [0.717, 1.165) is 12.0 Å². The van der Waals surface area contributed by atoms with Crippen molar-refractivity contribution in [3.63, 3.8) is 0 Å². The van der Waals surface area contributed by atoms with E-state index in [1.165, 1.54) is 32.1 Å². The smallest absolute Gasteiger partial charge is 0.00696 e. The zero-order chi connectivity index (χ0) is 8.97. The van der Waals surface area contributed by atoms with E-state index >= 15 is 0 Å². The van der Waals surface area contributed by atoms with Crippen molar-refractivity contribution in [3.05, 3.63) is 0 Å². The highest BCUT2D eigenvalue weighted by molar-refractivity contribution is 4.76. The lowest BCUT2D eigenvalue weighted by molar-refractivity contribution is 0.309. The molecule has 0 spiro atoms. The average Bonchev–Trinajstić information content (AvgIpc) is 2.06. The van der Waals surface area contributed by atoms with Crippen molar-refractivity contribution >= 4 is 0 Å². The maximum absolute atomic E-state index is 3.72. The number of hydrogen-bond acceptors (Lipinski definition) is 1. The fraction of sp³-hybridized carbons (Fsp3) is 1.00. The molecule has 0 bridgehead atoms. The first-order valence-electron chi connectivity index (χ1n) is 5.46. The molecule has 0 amide bonds. The molecule has 0 aromatic heterocycles. The maximum atomic E-state index is 3.72. The maximum Gasteiger partial charge on any atom is 0.00696 e. The molecule has 72 valence electrons. The predicted octanol–water partition coefficient (Wildman–Crippen LogP) is 2.95. The molecule has 1 nitrogen and oxygen atoms in total. The van der Waals surface area contributed by atoms with E-state index < -0.39 is 0 Å². The van der Waals surface area contributed by atoms with Gasteiger partial charge < -0.3 is 5.32 Å². The Labute approximate surface area is 76.9 Å². The topological polar surface area (TPSA) is 12.0 Å². The van der Waals surface area contributed by atoms with Gasteiger partial charge in [0, 0.05) is 12.1 Å². The first-order chi connectivity index (χ1) is 5.70. The number of hydrogen-bond donors (Lipinski definition) is 1. The molecule has 1 aliphatic carbocycles. The molecule has 1 saturated carbocycles. The summed E-state index contributed by atoms with van der Waals surface area (Å²) in [4.78, 5) is 0. The number of rotatable bonds is 3. The van der Waals surface area contributed by atoms with Crippen LogP contribution in [0.5, 0.6) is 0 Å². The molecular weight excluding hydrogens is 146 g/mol. The highest BCUT2D eigenvalue weighted by Gasteiger charge is 2.16. The molecule has 0 aromatic rings. The average molecular weight is 169 g/mol. The zero-order valence-corrected chi connectivity index (χ0v) is 8.77. The van der Waals surface area contributed by atoms with Gasteiger partial charge in [-0.15, -0.1) is 0 Å². The summed E-state index contributed by atoms with van der Waals surface area (Å²) in [6.45, 7) is 6.89. The molecule has 12 heavy (non-hydrogen) atoms. The summed E-state index contributed by atoms with van der Waals surface area (Å²) in [5, 5.41) is 3.72. The van der Waals surface area contributed by atoms with Crippen LogP contribution in [0.2, 0.25) is 0 Å². The summed E-state index contributed by atoms with van der Waals surface area (Å²) in [5.41, 5.74) is 0. The standard InChI is InChI=1S/C11H23N/c1-9(2)10(3)12-11-7-5-4-6-8-11/h9-12H,4-8H2,1-3H3. The van der Waals surface area contributed by atoms with Gasteiger partial charge in [-0.05, 0) is 25.7 Å². The first kappa shape index (κ1) is 10.0. The molecule has 1 unspecified atom stereocenters. The van der Waals surface area contributed by atoms with Gasteiger partial charge in [-0.1, -0.05) is 33.1 Å². The van der Waals surface area contributed by atoms with E-state index in [4.69, 9.17) is 0 Å². The summed E-state index contributed by atoms with van der Waals surface area (Å²) in [5.74, 6) is 0.770. The van der Waals surface area contributed by atoms with Crippen molar-refractivity contribution in [1.29, 1.82) is 0 Å². The quantitative estimate of drug-likeness (QED) is 0.685. The Morgan fingerprint density at radius 2 is 1.58 bits per heavy atom. The van der Waals surface area contributed by atoms with Crippen LogP contribution in [0.1, 0.15) is 52.9 Å². The molecule has 1 atom stereocenters. The molecule has 1 aliphatic rings. The van der Waals surface area contributed by atoms with Crippen LogP contribution in [0.3, 0.4) is 0 Å². The van der Waals surface area contributed by atoms with Crippen LogP contribution < -0.4 is 5.32 Å². The second-order valence-corrected chi connectivity index (χ2v) is 4.53. The molecule has 0 aromatic carbocycles. The lowest BCUT2D eigenvalue weighted by Gasteiger charge is -2.28. The van der Waals surface area contributed by atoms with Gasteiger partial charge in [0.15, 0.2) is 0 Å². The Morgan fingerprint density at radius 1 is 1.00 bits per heavy atom. The lowest BCUT2D eigenvalue weighted by atomic mass is 9.94. The second kappa shape index (κ2) is 4.86. The van der Waals surface area contributed by atoms with E-state index in [0.29, 0.717) is 6.04 Å². The van der Waals surface area contributed by atoms with Gasteiger partial charge >= 0.3 is 0 Å². The minimum atomic E-state index is 0.688. The van der Waals surface area contributed by atoms with Crippen LogP contribution in [-0.4, -0.2) is 12.1 Å². The first-order valence-corrected chi connectivity index (χ1v) is 5.46. The Morgan fingerprint density at radius 3 is 2.08 bits per heavy atom. The van der Waals surface area contributed by atoms with E-state index in [-0.39, 0.29) is 0 Å². The molecule has 1 N–H and O–H groups in total. The fourth-order valence-corrected chi connectivity index (χ4v) is 1.83. The Bertz CT molecular complexity index is 114. The van der Waals surface area contributed by atoms with Crippen LogP contribution in [0, 0.1) is 5.92 Å². The van der Waals surface area contributed by atoms with Gasteiger partial charge in [0.1, 0.15) is 0 Å². The van der Waals surface area contributed by atoms with E-state index in [1.807, 2.05) is 0 Å². The molecule has 0 heterocycles. The molecular formula is C11H23N. The second-order valence-electron chi connectivity index (χ2n) is 4.53. The monoisotopic (exact) mass is 169 g/mol. The summed E-state index contributed by atoms with van der Waals surface area (Å²) < 4.78 is 0. The summed E-state index contributed by atoms with van der Waals surface area (Å²) >= 11 is 0. The Kier molecular flexibility index (Phi) is 4.07. The van der Waals surface area contributed by atoms with Crippen LogP contribution in [-0.2, 0) is 0 Å². The third kappa shape index (κ3) is 3.14. The van der Waals surface area contributed by atoms with Crippen molar-refractivity contribution in [1.82, 2.24) is 5.32 Å². The van der Waals surface area contributed by atoms with Gasteiger partial charge in [-0.2, -0.15) is 0 Å². The third-order valence-corrected chi connectivity index (χ3v) is 3.10. The SMILES string of the molecule is CC(C)C(C)NC1CCCCC1. The predicted molar refractivity (Wildman–Crippen MR) is 54.3 cm³/mol. The van der Waals surface area contributed by atoms with E-state index in [9.17, 15) is 0 Å². The van der Waals surface area contributed by atoms with E-state index in [1.54, 1.807) is 0 Å². The lowest BCUT2D eigenvalue weighted by Crippen LogP contribution is -2.40. The van der Waals surface area contributed by atoms with Crippen molar-refractivity contribution in [3.8, 4) is 0 Å². The van der Waals surface area contributed by atoms with Gasteiger partial charge in [-0.3, -0.25) is 0 Å². The fourth-order valence-electron chi connectivity index (χ4n) is 1.83.